The Bertz CT molecular complexity index is 432. The van der Waals surface area contributed by atoms with Crippen LogP contribution in [0.2, 0.25) is 5.02 Å². The standard InChI is InChI=1S/C14H18ClNO2/c1-4-18-14(17)10(2)9-16-11(3)12-6-5-7-13(15)8-12/h5-8,11,16H,2,4,9H2,1,3H3/t11-/m1/s1. The lowest BCUT2D eigenvalue weighted by atomic mass is 10.1. The van der Waals surface area contributed by atoms with E-state index >= 15 is 0 Å². The van der Waals surface area contributed by atoms with Crippen molar-refractivity contribution in [2.24, 2.45) is 0 Å². The molecule has 1 atom stereocenters. The molecule has 0 aliphatic heterocycles. The Labute approximate surface area is 113 Å². The molecule has 98 valence electrons. The van der Waals surface area contributed by atoms with E-state index in [2.05, 4.69) is 11.9 Å². The zero-order valence-corrected chi connectivity index (χ0v) is 11.5. The van der Waals surface area contributed by atoms with Gasteiger partial charge in [-0.05, 0) is 31.5 Å². The smallest absolute Gasteiger partial charge is 0.334 e. The molecule has 0 aliphatic rings. The van der Waals surface area contributed by atoms with Crippen molar-refractivity contribution in [1.82, 2.24) is 5.32 Å². The lowest BCUT2D eigenvalue weighted by Crippen LogP contribution is -2.24. The summed E-state index contributed by atoms with van der Waals surface area (Å²) in [7, 11) is 0. The number of benzene rings is 1. The third-order valence-electron chi connectivity index (χ3n) is 2.53. The molecule has 0 spiro atoms. The number of carbonyl (C=O) groups excluding carboxylic acids is 1. The number of esters is 1. The van der Waals surface area contributed by atoms with Gasteiger partial charge in [0.05, 0.1) is 6.61 Å². The molecule has 0 bridgehead atoms. The van der Waals surface area contributed by atoms with Gasteiger partial charge in [0.25, 0.3) is 0 Å². The number of nitrogens with one attached hydrogen (secondary N) is 1. The largest absolute Gasteiger partial charge is 0.463 e. The summed E-state index contributed by atoms with van der Waals surface area (Å²) in [6, 6.07) is 7.70. The molecule has 1 rings (SSSR count). The number of carbonyl (C=O) groups is 1. The molecule has 0 saturated carbocycles. The molecule has 0 unspecified atom stereocenters. The molecular formula is C14H18ClNO2. The highest BCUT2D eigenvalue weighted by atomic mass is 35.5. The molecule has 4 heteroatoms. The summed E-state index contributed by atoms with van der Waals surface area (Å²) in [5.41, 5.74) is 1.49. The minimum atomic E-state index is -0.358. The zero-order valence-electron chi connectivity index (χ0n) is 10.7. The Hall–Kier alpha value is -1.32. The highest BCUT2D eigenvalue weighted by Gasteiger charge is 2.10. The van der Waals surface area contributed by atoms with Crippen molar-refractivity contribution in [2.75, 3.05) is 13.2 Å². The van der Waals surface area contributed by atoms with Crippen LogP contribution in [0.5, 0.6) is 0 Å². The first-order chi connectivity index (χ1) is 8.54. The molecule has 0 aliphatic carbocycles. The van der Waals surface area contributed by atoms with Crippen LogP contribution in [0.25, 0.3) is 0 Å². The SMILES string of the molecule is C=C(CN[C@H](C)c1cccc(Cl)c1)C(=O)OCC. The first-order valence-electron chi connectivity index (χ1n) is 5.88. The van der Waals surface area contributed by atoms with Crippen molar-refractivity contribution < 1.29 is 9.53 Å². The summed E-state index contributed by atoms with van der Waals surface area (Å²) in [6.07, 6.45) is 0. The van der Waals surface area contributed by atoms with E-state index in [4.69, 9.17) is 16.3 Å². The molecule has 1 aromatic carbocycles. The van der Waals surface area contributed by atoms with E-state index in [1.165, 1.54) is 0 Å². The van der Waals surface area contributed by atoms with Crippen LogP contribution in [0.15, 0.2) is 36.4 Å². The maximum atomic E-state index is 11.4. The van der Waals surface area contributed by atoms with Gasteiger partial charge in [-0.3, -0.25) is 0 Å². The second-order valence-electron chi connectivity index (χ2n) is 3.98. The minimum absolute atomic E-state index is 0.0925. The molecule has 0 fully saturated rings. The fraction of sp³-hybridized carbons (Fsp3) is 0.357. The van der Waals surface area contributed by atoms with Gasteiger partial charge in [0, 0.05) is 23.2 Å². The topological polar surface area (TPSA) is 38.3 Å². The molecule has 1 N–H and O–H groups in total. The summed E-state index contributed by atoms with van der Waals surface area (Å²) >= 11 is 5.92. The third kappa shape index (κ3) is 4.51. The predicted octanol–water partition coefficient (Wildman–Crippen LogP) is 3.11. The number of hydrogen-bond donors (Lipinski definition) is 1. The van der Waals surface area contributed by atoms with Crippen molar-refractivity contribution in [3.05, 3.63) is 47.0 Å². The van der Waals surface area contributed by atoms with Crippen molar-refractivity contribution in [3.8, 4) is 0 Å². The van der Waals surface area contributed by atoms with E-state index in [1.807, 2.05) is 31.2 Å². The molecule has 0 amide bonds. The highest BCUT2D eigenvalue weighted by molar-refractivity contribution is 6.30. The van der Waals surface area contributed by atoms with E-state index < -0.39 is 0 Å². The Kier molecular flexibility index (Phi) is 5.89. The predicted molar refractivity (Wildman–Crippen MR) is 73.6 cm³/mol. The number of halogens is 1. The van der Waals surface area contributed by atoms with E-state index in [1.54, 1.807) is 6.92 Å². The Balaban J connectivity index is 2.48. The summed E-state index contributed by atoms with van der Waals surface area (Å²) in [5, 5.41) is 3.91. The third-order valence-corrected chi connectivity index (χ3v) is 2.77. The van der Waals surface area contributed by atoms with Crippen molar-refractivity contribution in [1.29, 1.82) is 0 Å². The molecule has 0 aromatic heterocycles. The lowest BCUT2D eigenvalue weighted by Gasteiger charge is -2.15. The fourth-order valence-electron chi connectivity index (χ4n) is 1.48. The molecule has 0 saturated heterocycles. The van der Waals surface area contributed by atoms with Gasteiger partial charge in [0.2, 0.25) is 0 Å². The van der Waals surface area contributed by atoms with Crippen LogP contribution in [0.3, 0.4) is 0 Å². The van der Waals surface area contributed by atoms with E-state index in [0.29, 0.717) is 23.7 Å². The minimum Gasteiger partial charge on any atom is -0.463 e. The Morgan fingerprint density at radius 3 is 2.89 bits per heavy atom. The van der Waals surface area contributed by atoms with Gasteiger partial charge in [-0.15, -0.1) is 0 Å². The summed E-state index contributed by atoms with van der Waals surface area (Å²) in [6.45, 7) is 8.23. The maximum Gasteiger partial charge on any atom is 0.334 e. The van der Waals surface area contributed by atoms with E-state index in [0.717, 1.165) is 5.56 Å². The van der Waals surface area contributed by atoms with Gasteiger partial charge >= 0.3 is 5.97 Å². The Morgan fingerprint density at radius 2 is 2.28 bits per heavy atom. The van der Waals surface area contributed by atoms with Crippen LogP contribution in [0, 0.1) is 0 Å². The van der Waals surface area contributed by atoms with Gasteiger partial charge in [0.1, 0.15) is 0 Å². The van der Waals surface area contributed by atoms with E-state index in [-0.39, 0.29) is 12.0 Å². The van der Waals surface area contributed by atoms with Gasteiger partial charge in [-0.1, -0.05) is 30.3 Å². The molecule has 0 heterocycles. The second-order valence-corrected chi connectivity index (χ2v) is 4.42. The average Bonchev–Trinajstić information content (AvgIpc) is 2.35. The van der Waals surface area contributed by atoms with Gasteiger partial charge in [0.15, 0.2) is 0 Å². The summed E-state index contributed by atoms with van der Waals surface area (Å²) < 4.78 is 4.86. The van der Waals surface area contributed by atoms with Crippen LogP contribution in [0.1, 0.15) is 25.5 Å². The zero-order chi connectivity index (χ0) is 13.5. The number of hydrogen-bond acceptors (Lipinski definition) is 3. The second kappa shape index (κ2) is 7.19. The molecular weight excluding hydrogens is 250 g/mol. The number of ether oxygens (including phenoxy) is 1. The van der Waals surface area contributed by atoms with Crippen LogP contribution in [0.4, 0.5) is 0 Å². The first kappa shape index (κ1) is 14.7. The normalized spacial score (nSPS) is 11.9. The maximum absolute atomic E-state index is 11.4. The number of rotatable bonds is 6. The summed E-state index contributed by atoms with van der Waals surface area (Å²) in [5.74, 6) is -0.358. The lowest BCUT2D eigenvalue weighted by molar-refractivity contribution is -0.138. The van der Waals surface area contributed by atoms with Gasteiger partial charge in [-0.2, -0.15) is 0 Å². The highest BCUT2D eigenvalue weighted by Crippen LogP contribution is 2.17. The van der Waals surface area contributed by atoms with Crippen LogP contribution in [-0.4, -0.2) is 19.1 Å². The molecule has 1 aromatic rings. The van der Waals surface area contributed by atoms with E-state index in [9.17, 15) is 4.79 Å². The van der Waals surface area contributed by atoms with Gasteiger partial charge in [-0.25, -0.2) is 4.79 Å². The van der Waals surface area contributed by atoms with Crippen LogP contribution < -0.4 is 5.32 Å². The molecule has 0 radical (unpaired) electrons. The molecule has 18 heavy (non-hydrogen) atoms. The van der Waals surface area contributed by atoms with Crippen molar-refractivity contribution >= 4 is 17.6 Å². The monoisotopic (exact) mass is 267 g/mol. The average molecular weight is 268 g/mol. The van der Waals surface area contributed by atoms with Crippen molar-refractivity contribution in [3.63, 3.8) is 0 Å². The molecule has 3 nitrogen and oxygen atoms in total. The summed E-state index contributed by atoms with van der Waals surface area (Å²) in [4.78, 5) is 11.4. The quantitative estimate of drug-likeness (QED) is 0.636. The van der Waals surface area contributed by atoms with Crippen molar-refractivity contribution in [2.45, 2.75) is 19.9 Å². The van der Waals surface area contributed by atoms with Crippen LogP contribution in [-0.2, 0) is 9.53 Å². The van der Waals surface area contributed by atoms with Gasteiger partial charge < -0.3 is 10.1 Å². The first-order valence-corrected chi connectivity index (χ1v) is 6.26. The van der Waals surface area contributed by atoms with Crippen LogP contribution >= 0.6 is 11.6 Å². The Morgan fingerprint density at radius 1 is 1.56 bits per heavy atom. The fourth-order valence-corrected chi connectivity index (χ4v) is 1.67.